The number of para-hydroxylation sites is 1. The SMILES string of the molecule is NCCC(=O)NC1Cc2cccc(C(O)O)c2OB1O. The van der Waals surface area contributed by atoms with Crippen molar-refractivity contribution in [3.05, 3.63) is 29.3 Å². The molecule has 7 nitrogen and oxygen atoms in total. The van der Waals surface area contributed by atoms with Gasteiger partial charge in [0, 0.05) is 18.5 Å². The van der Waals surface area contributed by atoms with Gasteiger partial charge >= 0.3 is 7.12 Å². The van der Waals surface area contributed by atoms with Crippen LogP contribution in [0.5, 0.6) is 5.75 Å². The summed E-state index contributed by atoms with van der Waals surface area (Å²) in [4.78, 5) is 11.5. The first-order valence-corrected chi connectivity index (χ1v) is 6.35. The molecule has 1 unspecified atom stereocenters. The summed E-state index contributed by atoms with van der Waals surface area (Å²) in [6, 6.07) is 4.91. The number of aliphatic hydroxyl groups excluding tert-OH is 1. The second-order valence-corrected chi connectivity index (χ2v) is 4.63. The molecule has 20 heavy (non-hydrogen) atoms. The van der Waals surface area contributed by atoms with Crippen LogP contribution in [0, 0.1) is 0 Å². The average molecular weight is 280 g/mol. The highest BCUT2D eigenvalue weighted by molar-refractivity contribution is 6.46. The van der Waals surface area contributed by atoms with Gasteiger partial charge < -0.3 is 30.9 Å². The molecule has 1 heterocycles. The van der Waals surface area contributed by atoms with Crippen molar-refractivity contribution in [2.45, 2.75) is 25.1 Å². The minimum atomic E-state index is -1.68. The van der Waals surface area contributed by atoms with Crippen LogP contribution < -0.4 is 15.7 Å². The third-order valence-electron chi connectivity index (χ3n) is 3.15. The van der Waals surface area contributed by atoms with E-state index in [9.17, 15) is 20.0 Å². The van der Waals surface area contributed by atoms with Gasteiger partial charge in [0.05, 0.1) is 5.94 Å². The van der Waals surface area contributed by atoms with Crippen molar-refractivity contribution in [2.75, 3.05) is 6.54 Å². The Hall–Kier alpha value is -1.61. The maximum absolute atomic E-state index is 11.5. The number of carbonyl (C=O) groups excluding carboxylic acids is 1. The summed E-state index contributed by atoms with van der Waals surface area (Å²) in [5.74, 6) is -0.603. The van der Waals surface area contributed by atoms with Crippen molar-refractivity contribution in [3.63, 3.8) is 0 Å². The molecule has 2 rings (SSSR count). The summed E-state index contributed by atoms with van der Waals surface area (Å²) in [5, 5.41) is 31.1. The van der Waals surface area contributed by atoms with E-state index in [1.807, 2.05) is 0 Å². The van der Waals surface area contributed by atoms with Gasteiger partial charge in [-0.2, -0.15) is 0 Å². The lowest BCUT2D eigenvalue weighted by molar-refractivity contribution is -0.121. The summed E-state index contributed by atoms with van der Waals surface area (Å²) in [6.45, 7) is 0.229. The molecule has 0 bridgehead atoms. The van der Waals surface area contributed by atoms with Crippen LogP contribution in [0.4, 0.5) is 0 Å². The molecule has 108 valence electrons. The molecule has 1 aromatic rings. The van der Waals surface area contributed by atoms with Crippen LogP contribution in [0.25, 0.3) is 0 Å². The lowest BCUT2D eigenvalue weighted by atomic mass is 9.72. The van der Waals surface area contributed by atoms with Gasteiger partial charge in [-0.3, -0.25) is 4.79 Å². The summed E-state index contributed by atoms with van der Waals surface area (Å²) in [5.41, 5.74) is 6.17. The van der Waals surface area contributed by atoms with Gasteiger partial charge in [0.2, 0.25) is 5.91 Å². The zero-order valence-corrected chi connectivity index (χ0v) is 10.8. The summed E-state index contributed by atoms with van der Waals surface area (Å²) in [7, 11) is -1.25. The molecular formula is C12H17BN2O5. The maximum atomic E-state index is 11.5. The van der Waals surface area contributed by atoms with Crippen LogP contribution in [-0.2, 0) is 11.2 Å². The third-order valence-corrected chi connectivity index (χ3v) is 3.15. The Kier molecular flexibility index (Phi) is 4.61. The van der Waals surface area contributed by atoms with Crippen LogP contribution in [0.15, 0.2) is 18.2 Å². The normalized spacial score (nSPS) is 17.6. The number of rotatable bonds is 4. The van der Waals surface area contributed by atoms with E-state index >= 15 is 0 Å². The smallest absolute Gasteiger partial charge is 0.534 e. The molecular weight excluding hydrogens is 263 g/mol. The Labute approximate surface area is 116 Å². The molecule has 1 aliphatic rings. The van der Waals surface area contributed by atoms with Crippen molar-refractivity contribution in [1.29, 1.82) is 0 Å². The zero-order valence-electron chi connectivity index (χ0n) is 10.8. The number of nitrogens with one attached hydrogen (secondary N) is 1. The largest absolute Gasteiger partial charge is 0.547 e. The molecule has 0 saturated heterocycles. The molecule has 0 aromatic heterocycles. The molecule has 1 atom stereocenters. The number of benzene rings is 1. The molecule has 1 aromatic carbocycles. The molecule has 1 aliphatic heterocycles. The van der Waals surface area contributed by atoms with E-state index in [-0.39, 0.29) is 30.2 Å². The standard InChI is InChI=1S/C12H17BN2O5/c14-5-4-10(16)15-9-6-7-2-1-3-8(12(17)18)11(7)20-13(9)19/h1-3,9,12,17-19H,4-6,14H2,(H,15,16). The van der Waals surface area contributed by atoms with E-state index in [2.05, 4.69) is 5.32 Å². The van der Waals surface area contributed by atoms with E-state index in [0.29, 0.717) is 12.0 Å². The van der Waals surface area contributed by atoms with E-state index in [0.717, 1.165) is 0 Å². The van der Waals surface area contributed by atoms with Gasteiger partial charge in [-0.15, -0.1) is 0 Å². The minimum Gasteiger partial charge on any atom is -0.534 e. The number of fused-ring (bicyclic) bond motifs is 1. The number of amides is 1. The molecule has 0 fully saturated rings. The number of aliphatic hydroxyl groups is 2. The van der Waals surface area contributed by atoms with Gasteiger partial charge in [0.1, 0.15) is 5.75 Å². The molecule has 0 spiro atoms. The Morgan fingerprint density at radius 2 is 2.30 bits per heavy atom. The van der Waals surface area contributed by atoms with Crippen molar-refractivity contribution in [3.8, 4) is 5.75 Å². The highest BCUT2D eigenvalue weighted by Gasteiger charge is 2.37. The fourth-order valence-corrected chi connectivity index (χ4v) is 2.19. The Balaban J connectivity index is 2.17. The highest BCUT2D eigenvalue weighted by Crippen LogP contribution is 2.32. The van der Waals surface area contributed by atoms with Crippen LogP contribution in [0.3, 0.4) is 0 Å². The fraction of sp³-hybridized carbons (Fsp3) is 0.417. The highest BCUT2D eigenvalue weighted by atomic mass is 16.5. The van der Waals surface area contributed by atoms with Gasteiger partial charge in [-0.1, -0.05) is 18.2 Å². The lowest BCUT2D eigenvalue weighted by Crippen LogP contribution is -2.53. The van der Waals surface area contributed by atoms with E-state index < -0.39 is 19.3 Å². The van der Waals surface area contributed by atoms with Gasteiger partial charge in [0.25, 0.3) is 0 Å². The predicted molar refractivity (Wildman–Crippen MR) is 71.5 cm³/mol. The number of nitrogens with two attached hydrogens (primary N) is 1. The second-order valence-electron chi connectivity index (χ2n) is 4.63. The Morgan fingerprint density at radius 1 is 1.55 bits per heavy atom. The van der Waals surface area contributed by atoms with Crippen LogP contribution >= 0.6 is 0 Å². The summed E-state index contributed by atoms with van der Waals surface area (Å²) >= 11 is 0. The topological polar surface area (TPSA) is 125 Å². The van der Waals surface area contributed by atoms with Gasteiger partial charge in [-0.25, -0.2) is 0 Å². The lowest BCUT2D eigenvalue weighted by Gasteiger charge is -2.29. The van der Waals surface area contributed by atoms with E-state index in [1.54, 1.807) is 12.1 Å². The molecule has 1 amide bonds. The minimum absolute atomic E-state index is 0.172. The van der Waals surface area contributed by atoms with Gasteiger partial charge in [0.15, 0.2) is 6.29 Å². The first kappa shape index (κ1) is 14.8. The van der Waals surface area contributed by atoms with Crippen molar-refractivity contribution >= 4 is 13.0 Å². The monoisotopic (exact) mass is 280 g/mol. The zero-order chi connectivity index (χ0) is 14.7. The fourth-order valence-electron chi connectivity index (χ4n) is 2.19. The third kappa shape index (κ3) is 3.10. The predicted octanol–water partition coefficient (Wildman–Crippen LogP) is -1.54. The second kappa shape index (κ2) is 6.23. The Morgan fingerprint density at radius 3 is 2.95 bits per heavy atom. The maximum Gasteiger partial charge on any atom is 0.547 e. The first-order chi connectivity index (χ1) is 9.52. The Bertz CT molecular complexity index is 497. The van der Waals surface area contributed by atoms with E-state index in [4.69, 9.17) is 10.4 Å². The molecule has 8 heteroatoms. The molecule has 0 saturated carbocycles. The van der Waals surface area contributed by atoms with Gasteiger partial charge in [-0.05, 0) is 12.0 Å². The molecule has 0 aliphatic carbocycles. The summed E-state index contributed by atoms with van der Waals surface area (Å²) < 4.78 is 5.31. The average Bonchev–Trinajstić information content (AvgIpc) is 2.39. The van der Waals surface area contributed by atoms with Crippen molar-refractivity contribution < 1.29 is 24.7 Å². The van der Waals surface area contributed by atoms with E-state index in [1.165, 1.54) is 6.07 Å². The summed E-state index contributed by atoms with van der Waals surface area (Å²) in [6.07, 6.45) is -1.17. The van der Waals surface area contributed by atoms with Crippen molar-refractivity contribution in [2.24, 2.45) is 5.73 Å². The quantitative estimate of drug-likeness (QED) is 0.336. The molecule has 6 N–H and O–H groups in total. The molecule has 0 radical (unpaired) electrons. The first-order valence-electron chi connectivity index (χ1n) is 6.35. The van der Waals surface area contributed by atoms with Crippen LogP contribution in [-0.4, -0.2) is 40.7 Å². The van der Waals surface area contributed by atoms with Crippen LogP contribution in [0.1, 0.15) is 23.8 Å². The van der Waals surface area contributed by atoms with Crippen LogP contribution in [0.2, 0.25) is 0 Å². The van der Waals surface area contributed by atoms with Crippen molar-refractivity contribution in [1.82, 2.24) is 5.32 Å². The number of hydrogen-bond acceptors (Lipinski definition) is 6. The number of hydrogen-bond donors (Lipinski definition) is 5. The number of carbonyl (C=O) groups is 1.